The zero-order valence-corrected chi connectivity index (χ0v) is 15.0. The second kappa shape index (κ2) is 8.01. The zero-order chi connectivity index (χ0) is 18.5. The van der Waals surface area contributed by atoms with Crippen LogP contribution in [0.4, 0.5) is 11.4 Å². The molecule has 1 amide bonds. The molecule has 1 N–H and O–H groups in total. The maximum absolute atomic E-state index is 12.2. The SMILES string of the molecule is O=C(Nc1ccc(N2CC[N]C(c3ccccc3)C2)cc1)c1ccncc1. The number of nitrogens with zero attached hydrogens (tertiary/aromatic N) is 3. The summed E-state index contributed by atoms with van der Waals surface area (Å²) in [6.07, 6.45) is 3.23. The molecule has 135 valence electrons. The van der Waals surface area contributed by atoms with E-state index in [2.05, 4.69) is 51.6 Å². The van der Waals surface area contributed by atoms with Crippen molar-refractivity contribution < 1.29 is 4.79 Å². The van der Waals surface area contributed by atoms with Crippen molar-refractivity contribution in [2.45, 2.75) is 6.04 Å². The molecule has 1 aromatic heterocycles. The van der Waals surface area contributed by atoms with Crippen LogP contribution in [0.15, 0.2) is 79.1 Å². The number of carbonyl (C=O) groups excluding carboxylic acids is 1. The van der Waals surface area contributed by atoms with Crippen molar-refractivity contribution in [2.75, 3.05) is 29.9 Å². The van der Waals surface area contributed by atoms with Crippen molar-refractivity contribution in [3.8, 4) is 0 Å². The molecule has 1 aliphatic heterocycles. The maximum atomic E-state index is 12.2. The molecule has 1 fully saturated rings. The van der Waals surface area contributed by atoms with Crippen LogP contribution in [0, 0.1) is 0 Å². The third kappa shape index (κ3) is 4.15. The van der Waals surface area contributed by atoms with E-state index in [1.165, 1.54) is 5.56 Å². The third-order valence-corrected chi connectivity index (χ3v) is 4.73. The predicted molar refractivity (Wildman–Crippen MR) is 107 cm³/mol. The van der Waals surface area contributed by atoms with Crippen LogP contribution >= 0.6 is 0 Å². The van der Waals surface area contributed by atoms with Gasteiger partial charge in [-0.3, -0.25) is 9.78 Å². The van der Waals surface area contributed by atoms with E-state index >= 15 is 0 Å². The predicted octanol–water partition coefficient (Wildman–Crippen LogP) is 3.50. The van der Waals surface area contributed by atoms with Crippen LogP contribution < -0.4 is 15.5 Å². The molecule has 27 heavy (non-hydrogen) atoms. The molecule has 3 aromatic rings. The molecule has 0 aliphatic carbocycles. The second-order valence-electron chi connectivity index (χ2n) is 6.52. The molecule has 1 atom stereocenters. The minimum atomic E-state index is -0.133. The molecule has 2 heterocycles. The lowest BCUT2D eigenvalue weighted by Crippen LogP contribution is -2.42. The molecule has 0 bridgehead atoms. The number of rotatable bonds is 4. The summed E-state index contributed by atoms with van der Waals surface area (Å²) in [6, 6.07) is 22.0. The Morgan fingerprint density at radius 3 is 2.44 bits per heavy atom. The molecule has 2 aromatic carbocycles. The number of aromatic nitrogens is 1. The fourth-order valence-electron chi connectivity index (χ4n) is 3.27. The van der Waals surface area contributed by atoms with Crippen LogP contribution in [0.25, 0.3) is 0 Å². The Morgan fingerprint density at radius 2 is 1.70 bits per heavy atom. The number of hydrogen-bond acceptors (Lipinski definition) is 3. The first-order valence-electron chi connectivity index (χ1n) is 9.07. The Hall–Kier alpha value is -3.18. The lowest BCUT2D eigenvalue weighted by molar-refractivity contribution is 0.102. The molecule has 0 spiro atoms. The van der Waals surface area contributed by atoms with Gasteiger partial charge in [-0.2, -0.15) is 0 Å². The normalized spacial score (nSPS) is 16.7. The molecule has 4 rings (SSSR count). The number of anilines is 2. The second-order valence-corrected chi connectivity index (χ2v) is 6.52. The van der Waals surface area contributed by atoms with E-state index in [1.807, 2.05) is 18.2 Å². The van der Waals surface area contributed by atoms with E-state index in [-0.39, 0.29) is 11.9 Å². The third-order valence-electron chi connectivity index (χ3n) is 4.73. The van der Waals surface area contributed by atoms with Gasteiger partial charge in [0.25, 0.3) is 5.91 Å². The molecule has 1 unspecified atom stereocenters. The highest BCUT2D eigenvalue weighted by molar-refractivity contribution is 6.04. The van der Waals surface area contributed by atoms with E-state index in [0.29, 0.717) is 5.56 Å². The van der Waals surface area contributed by atoms with Gasteiger partial charge in [0, 0.05) is 49.0 Å². The van der Waals surface area contributed by atoms with Crippen LogP contribution in [-0.4, -0.2) is 30.5 Å². The van der Waals surface area contributed by atoms with Crippen LogP contribution in [0.1, 0.15) is 22.0 Å². The van der Waals surface area contributed by atoms with E-state index in [4.69, 9.17) is 5.32 Å². The molecular formula is C22H21N4O. The monoisotopic (exact) mass is 357 g/mol. The topological polar surface area (TPSA) is 59.3 Å². The molecule has 5 nitrogen and oxygen atoms in total. The number of carbonyl (C=O) groups is 1. The van der Waals surface area contributed by atoms with Gasteiger partial charge in [-0.05, 0) is 42.0 Å². The fourth-order valence-corrected chi connectivity index (χ4v) is 3.27. The van der Waals surface area contributed by atoms with Crippen LogP contribution in [-0.2, 0) is 0 Å². The Kier molecular flexibility index (Phi) is 5.12. The Bertz CT molecular complexity index is 881. The number of benzene rings is 2. The van der Waals surface area contributed by atoms with Gasteiger partial charge < -0.3 is 10.2 Å². The van der Waals surface area contributed by atoms with Gasteiger partial charge in [0.2, 0.25) is 0 Å². The summed E-state index contributed by atoms with van der Waals surface area (Å²) >= 11 is 0. The summed E-state index contributed by atoms with van der Waals surface area (Å²) < 4.78 is 0. The van der Waals surface area contributed by atoms with Crippen molar-refractivity contribution in [2.24, 2.45) is 0 Å². The van der Waals surface area contributed by atoms with E-state index < -0.39 is 0 Å². The summed E-state index contributed by atoms with van der Waals surface area (Å²) in [5.41, 5.74) is 3.77. The first-order chi connectivity index (χ1) is 13.3. The van der Waals surface area contributed by atoms with E-state index in [9.17, 15) is 4.79 Å². The van der Waals surface area contributed by atoms with Gasteiger partial charge >= 0.3 is 0 Å². The molecule has 1 aliphatic rings. The summed E-state index contributed by atoms with van der Waals surface area (Å²) in [7, 11) is 0. The lowest BCUT2D eigenvalue weighted by Gasteiger charge is -2.34. The zero-order valence-electron chi connectivity index (χ0n) is 15.0. The maximum Gasteiger partial charge on any atom is 0.255 e. The highest BCUT2D eigenvalue weighted by atomic mass is 16.1. The number of amides is 1. The van der Waals surface area contributed by atoms with Gasteiger partial charge in [-0.1, -0.05) is 30.3 Å². The van der Waals surface area contributed by atoms with Crippen molar-refractivity contribution in [3.05, 3.63) is 90.3 Å². The van der Waals surface area contributed by atoms with Gasteiger partial charge in [0.05, 0.1) is 6.04 Å². The number of pyridine rings is 1. The van der Waals surface area contributed by atoms with E-state index in [1.54, 1.807) is 24.5 Å². The summed E-state index contributed by atoms with van der Waals surface area (Å²) in [5.74, 6) is -0.133. The van der Waals surface area contributed by atoms with Gasteiger partial charge in [0.15, 0.2) is 0 Å². The Balaban J connectivity index is 1.42. The minimum Gasteiger partial charge on any atom is -0.368 e. The Morgan fingerprint density at radius 1 is 0.963 bits per heavy atom. The smallest absolute Gasteiger partial charge is 0.255 e. The van der Waals surface area contributed by atoms with Crippen molar-refractivity contribution in [1.29, 1.82) is 0 Å². The van der Waals surface area contributed by atoms with Crippen molar-refractivity contribution in [3.63, 3.8) is 0 Å². The molecule has 1 radical (unpaired) electrons. The van der Waals surface area contributed by atoms with Crippen LogP contribution in [0.2, 0.25) is 0 Å². The van der Waals surface area contributed by atoms with Gasteiger partial charge in [0.1, 0.15) is 0 Å². The first kappa shape index (κ1) is 17.2. The highest BCUT2D eigenvalue weighted by Gasteiger charge is 2.22. The van der Waals surface area contributed by atoms with Crippen molar-refractivity contribution in [1.82, 2.24) is 10.3 Å². The highest BCUT2D eigenvalue weighted by Crippen LogP contribution is 2.24. The Labute approximate surface area is 159 Å². The largest absolute Gasteiger partial charge is 0.368 e. The molecule has 1 saturated heterocycles. The first-order valence-corrected chi connectivity index (χ1v) is 9.07. The van der Waals surface area contributed by atoms with Gasteiger partial charge in [-0.15, -0.1) is 0 Å². The molecule has 5 heteroatoms. The van der Waals surface area contributed by atoms with Crippen LogP contribution in [0.3, 0.4) is 0 Å². The number of piperazine rings is 1. The number of nitrogens with one attached hydrogen (secondary N) is 1. The van der Waals surface area contributed by atoms with Gasteiger partial charge in [-0.25, -0.2) is 5.32 Å². The van der Waals surface area contributed by atoms with Crippen LogP contribution in [0.5, 0.6) is 0 Å². The molecular weight excluding hydrogens is 336 g/mol. The quantitative estimate of drug-likeness (QED) is 0.777. The summed E-state index contributed by atoms with van der Waals surface area (Å²) in [6.45, 7) is 2.60. The molecule has 0 saturated carbocycles. The lowest BCUT2D eigenvalue weighted by atomic mass is 10.0. The average Bonchev–Trinajstić information content (AvgIpc) is 2.75. The minimum absolute atomic E-state index is 0.133. The standard InChI is InChI=1S/C22H21N4O/c27-22(18-10-12-23-13-11-18)25-19-6-8-20(9-7-19)26-15-14-24-21(16-26)17-4-2-1-3-5-17/h1-13,21H,14-16H2,(H,25,27). The summed E-state index contributed by atoms with van der Waals surface area (Å²) in [5, 5.41) is 7.68. The number of hydrogen-bond donors (Lipinski definition) is 1. The average molecular weight is 357 g/mol. The summed E-state index contributed by atoms with van der Waals surface area (Å²) in [4.78, 5) is 18.5. The van der Waals surface area contributed by atoms with E-state index in [0.717, 1.165) is 31.0 Å². The fraction of sp³-hybridized carbons (Fsp3) is 0.182. The van der Waals surface area contributed by atoms with Crippen molar-refractivity contribution >= 4 is 17.3 Å².